The van der Waals surface area contributed by atoms with Crippen molar-refractivity contribution in [2.75, 3.05) is 17.7 Å². The molecule has 0 heterocycles. The maximum atomic E-state index is 13.1. The predicted octanol–water partition coefficient (Wildman–Crippen LogP) is 7.18. The number of carbonyl (C=O) groups is 1. The van der Waals surface area contributed by atoms with Gasteiger partial charge in [-0.05, 0) is 102 Å². The highest BCUT2D eigenvalue weighted by atomic mass is 32.2. The third-order valence-corrected chi connectivity index (χ3v) is 12.2. The maximum Gasteiger partial charge on any atom is 0.323 e. The number of phenolic OH excluding ortho intramolecular Hbond substituents is 2. The van der Waals surface area contributed by atoms with Crippen LogP contribution in [0.4, 0.5) is 38.9 Å². The largest absolute Gasteiger partial charge is 0.505 e. The van der Waals surface area contributed by atoms with Crippen molar-refractivity contribution in [1.82, 2.24) is 0 Å². The van der Waals surface area contributed by atoms with Crippen LogP contribution >= 0.6 is 0 Å². The number of hydrogen-bond donors (Lipinski definition) is 8. The second-order valence-electron chi connectivity index (χ2n) is 12.7. The molecule has 0 unspecified atom stereocenters. The van der Waals surface area contributed by atoms with Gasteiger partial charge in [-0.2, -0.15) is 38.8 Å². The van der Waals surface area contributed by atoms with Gasteiger partial charge in [0, 0.05) is 28.2 Å². The lowest BCUT2D eigenvalue weighted by Gasteiger charge is -2.13. The average molecular weight is 917 g/mol. The Labute approximate surface area is 344 Å². The third kappa shape index (κ3) is 9.55. The van der Waals surface area contributed by atoms with Crippen molar-refractivity contribution in [1.29, 1.82) is 0 Å². The number of methoxy groups -OCH3 is 1. The molecule has 0 aliphatic carbocycles. The monoisotopic (exact) mass is 916 g/mol. The van der Waals surface area contributed by atoms with Crippen LogP contribution in [0.25, 0.3) is 21.5 Å². The number of nitrogens with one attached hydrogen (secondary N) is 2. The van der Waals surface area contributed by atoms with Gasteiger partial charge < -0.3 is 25.6 Å². The first kappa shape index (κ1) is 43.9. The summed E-state index contributed by atoms with van der Waals surface area (Å²) in [4.78, 5) is 10.3. The van der Waals surface area contributed by atoms with Gasteiger partial charge in [0.1, 0.15) is 37.5 Å². The number of urea groups is 1. The van der Waals surface area contributed by atoms with Gasteiger partial charge in [0.15, 0.2) is 11.5 Å². The summed E-state index contributed by atoms with van der Waals surface area (Å²) in [5.74, 6) is -1.70. The second kappa shape index (κ2) is 16.1. The van der Waals surface area contributed by atoms with Crippen LogP contribution in [0, 0.1) is 6.92 Å². The van der Waals surface area contributed by atoms with E-state index in [0.29, 0.717) is 0 Å². The molecule has 0 spiro atoms. The summed E-state index contributed by atoms with van der Waals surface area (Å²) in [6, 6.07) is 15.0. The molecule has 0 aliphatic heterocycles. The van der Waals surface area contributed by atoms with Gasteiger partial charge in [-0.1, -0.05) is 0 Å². The Morgan fingerprint density at radius 1 is 0.557 bits per heavy atom. The van der Waals surface area contributed by atoms with Gasteiger partial charge in [-0.15, -0.1) is 15.3 Å². The van der Waals surface area contributed by atoms with Gasteiger partial charge in [0.05, 0.1) is 17.7 Å². The van der Waals surface area contributed by atoms with Crippen LogP contribution in [0.3, 0.4) is 0 Å². The number of rotatable bonds is 11. The van der Waals surface area contributed by atoms with Crippen molar-refractivity contribution in [2.45, 2.75) is 26.5 Å². The van der Waals surface area contributed by atoms with E-state index >= 15 is 0 Å². The summed E-state index contributed by atoms with van der Waals surface area (Å²) in [6.45, 7) is 1.33. The predicted molar refractivity (Wildman–Crippen MR) is 216 cm³/mol. The molecule has 0 fully saturated rings. The van der Waals surface area contributed by atoms with Gasteiger partial charge >= 0.3 is 6.03 Å². The summed E-state index contributed by atoms with van der Waals surface area (Å²) in [6.07, 6.45) is 0. The molecule has 61 heavy (non-hydrogen) atoms. The standard InChI is InChI=1S/C35H28N6O16S4/c1-17-11-26(27(57-2)16-28(17)59(48,49)50)39-41-32-30(61(54,55)56)15-19-13-22(6-10-25(19)34(32)43)37-35(44)36-21-5-9-24-18(12-21)14-29(60(51,52)53)31(33(24)42)40-38-20-3-7-23(8-4-20)58(45,46)47/h3-16,42-43H,1-2H3,(H2,36,37,44)(H,45,46,47)(H,48,49,50)(H,51,52,53)(H,54,55,56). The molecule has 2 amide bonds. The van der Waals surface area contributed by atoms with Crippen molar-refractivity contribution in [2.24, 2.45) is 20.5 Å². The number of nitrogens with zero attached hydrogens (tertiary/aromatic N) is 4. The molecule has 0 saturated heterocycles. The minimum absolute atomic E-state index is 0.00113. The molecule has 22 nitrogen and oxygen atoms in total. The van der Waals surface area contributed by atoms with Gasteiger partial charge in [-0.25, -0.2) is 4.79 Å². The van der Waals surface area contributed by atoms with Gasteiger partial charge in [-0.3, -0.25) is 18.2 Å². The fraction of sp³-hybridized carbons (Fsp3) is 0.0571. The van der Waals surface area contributed by atoms with E-state index < -0.39 is 89.0 Å². The number of aromatic hydroxyl groups is 2. The molecule has 6 rings (SSSR count). The summed E-state index contributed by atoms with van der Waals surface area (Å²) < 4.78 is 139. The third-order valence-electron chi connectivity index (χ3n) is 8.59. The molecule has 0 saturated carbocycles. The minimum atomic E-state index is -5.10. The number of azo groups is 2. The highest BCUT2D eigenvalue weighted by Crippen LogP contribution is 2.44. The van der Waals surface area contributed by atoms with Gasteiger partial charge in [0.2, 0.25) is 0 Å². The van der Waals surface area contributed by atoms with E-state index in [0.717, 1.165) is 55.6 Å². The number of phenols is 2. The highest BCUT2D eigenvalue weighted by Gasteiger charge is 2.25. The lowest BCUT2D eigenvalue weighted by atomic mass is 10.1. The van der Waals surface area contributed by atoms with E-state index in [1.54, 1.807) is 0 Å². The van der Waals surface area contributed by atoms with Crippen molar-refractivity contribution in [3.63, 3.8) is 0 Å². The molecule has 0 bridgehead atoms. The van der Waals surface area contributed by atoms with Gasteiger partial charge in [0.25, 0.3) is 40.5 Å². The van der Waals surface area contributed by atoms with Crippen molar-refractivity contribution in [3.8, 4) is 17.2 Å². The molecular weight excluding hydrogens is 889 g/mol. The van der Waals surface area contributed by atoms with Crippen LogP contribution in [0.1, 0.15) is 5.56 Å². The van der Waals surface area contributed by atoms with Crippen molar-refractivity contribution >= 4 is 102 Å². The number of ether oxygens (including phenoxy) is 1. The molecule has 0 radical (unpaired) electrons. The Bertz CT molecular complexity index is 3340. The maximum absolute atomic E-state index is 13.1. The van der Waals surface area contributed by atoms with Crippen molar-refractivity contribution < 1.29 is 71.6 Å². The topological polar surface area (TPSA) is 358 Å². The van der Waals surface area contributed by atoms with Crippen LogP contribution in [0.2, 0.25) is 0 Å². The molecule has 6 aromatic rings. The number of amides is 2. The molecule has 0 aromatic heterocycles. The Morgan fingerprint density at radius 3 is 1.44 bits per heavy atom. The van der Waals surface area contributed by atoms with Crippen LogP contribution in [0.5, 0.6) is 17.2 Å². The fourth-order valence-corrected chi connectivity index (χ4v) is 8.33. The second-order valence-corrected chi connectivity index (χ2v) is 18.3. The Hall–Kier alpha value is -6.65. The zero-order chi connectivity index (χ0) is 44.8. The van der Waals surface area contributed by atoms with E-state index in [2.05, 4.69) is 31.1 Å². The van der Waals surface area contributed by atoms with Crippen LogP contribution in [-0.4, -0.2) is 75.2 Å². The minimum Gasteiger partial charge on any atom is -0.505 e. The smallest absolute Gasteiger partial charge is 0.323 e. The number of aryl methyl sites for hydroxylation is 1. The van der Waals surface area contributed by atoms with Crippen LogP contribution < -0.4 is 15.4 Å². The van der Waals surface area contributed by atoms with Crippen LogP contribution in [0.15, 0.2) is 125 Å². The molecule has 0 atom stereocenters. The summed E-state index contributed by atoms with van der Waals surface area (Å²) >= 11 is 0. The first-order valence-corrected chi connectivity index (χ1v) is 22.3. The molecule has 8 N–H and O–H groups in total. The lowest BCUT2D eigenvalue weighted by Crippen LogP contribution is -2.19. The number of anilines is 2. The number of hydrogen-bond acceptors (Lipinski definition) is 16. The molecule has 0 aliphatic rings. The molecular formula is C35H28N6O16S4. The Kier molecular flexibility index (Phi) is 11.6. The quantitative estimate of drug-likeness (QED) is 0.0471. The van der Waals surface area contributed by atoms with Crippen LogP contribution in [-0.2, 0) is 40.5 Å². The number of benzene rings is 6. The number of fused-ring (bicyclic) bond motifs is 2. The first-order valence-electron chi connectivity index (χ1n) is 16.5. The Morgan fingerprint density at radius 2 is 1.02 bits per heavy atom. The molecule has 26 heteroatoms. The van der Waals surface area contributed by atoms with E-state index in [9.17, 15) is 62.3 Å². The SMILES string of the molecule is COc1cc(S(=O)(=O)O)c(C)cc1N=Nc1c(S(=O)(=O)O)cc2cc(NC(=O)Nc3ccc4c(O)c(N=Nc5ccc(S(=O)(=O)O)cc5)c(S(=O)(=O)O)cc4c3)ccc2c1O. The average Bonchev–Trinajstić information content (AvgIpc) is 3.15. The van der Waals surface area contributed by atoms with E-state index in [1.807, 2.05) is 0 Å². The molecule has 318 valence electrons. The fourth-order valence-electron chi connectivity index (χ4n) is 5.81. The lowest BCUT2D eigenvalue weighted by molar-refractivity contribution is 0.262. The zero-order valence-electron chi connectivity index (χ0n) is 30.8. The number of carbonyl (C=O) groups excluding carboxylic acids is 1. The van der Waals surface area contributed by atoms with E-state index in [1.165, 1.54) is 43.3 Å². The summed E-state index contributed by atoms with van der Waals surface area (Å²) in [5, 5.41) is 42.2. The zero-order valence-corrected chi connectivity index (χ0v) is 34.0. The van der Waals surface area contributed by atoms with E-state index in [-0.39, 0.29) is 55.6 Å². The summed E-state index contributed by atoms with van der Waals surface area (Å²) in [5.41, 5.74) is -1.45. The van der Waals surface area contributed by atoms with Crippen molar-refractivity contribution in [3.05, 3.63) is 90.5 Å². The highest BCUT2D eigenvalue weighted by molar-refractivity contribution is 7.86. The first-order chi connectivity index (χ1) is 28.3. The van der Waals surface area contributed by atoms with E-state index in [4.69, 9.17) is 9.29 Å². The normalized spacial score (nSPS) is 12.7. The molecule has 6 aromatic carbocycles. The summed E-state index contributed by atoms with van der Waals surface area (Å²) in [7, 11) is -18.2. The Balaban J connectivity index is 1.27.